The predicted molar refractivity (Wildman–Crippen MR) is 143 cm³/mol. The summed E-state index contributed by atoms with van der Waals surface area (Å²) in [6, 6.07) is 9.70. The number of fused-ring (bicyclic) bond motifs is 4. The second-order valence-electron chi connectivity index (χ2n) is 9.97. The molecule has 0 spiro atoms. The molecule has 3 aromatic heterocycles. The molecule has 0 bridgehead atoms. The Bertz CT molecular complexity index is 1650. The molecule has 6 rings (SSSR count). The Balaban J connectivity index is 1.39. The summed E-state index contributed by atoms with van der Waals surface area (Å²) in [5.74, 6) is -0.452. The van der Waals surface area contributed by atoms with Crippen LogP contribution in [-0.4, -0.2) is 61.4 Å². The lowest BCUT2D eigenvalue weighted by Crippen LogP contribution is -2.46. The topological polar surface area (TPSA) is 145 Å². The normalized spacial score (nSPS) is 21.9. The number of methoxy groups -OCH3 is 1. The molecule has 1 aliphatic carbocycles. The maximum atomic E-state index is 13.9. The largest absolute Gasteiger partial charge is 0.465 e. The van der Waals surface area contributed by atoms with E-state index in [0.29, 0.717) is 38.8 Å². The number of nitrogens with one attached hydrogen (secondary N) is 1. The van der Waals surface area contributed by atoms with Crippen LogP contribution in [0.3, 0.4) is 0 Å². The number of anilines is 2. The summed E-state index contributed by atoms with van der Waals surface area (Å²) in [5.41, 5.74) is 7.27. The quantitative estimate of drug-likeness (QED) is 0.272. The number of likely N-dealkylation sites (tertiary alicyclic amines) is 1. The van der Waals surface area contributed by atoms with Crippen molar-refractivity contribution in [2.45, 2.75) is 38.4 Å². The van der Waals surface area contributed by atoms with Crippen LogP contribution >= 0.6 is 15.9 Å². The van der Waals surface area contributed by atoms with Gasteiger partial charge in [-0.2, -0.15) is 0 Å². The van der Waals surface area contributed by atoms with Gasteiger partial charge in [0, 0.05) is 11.4 Å². The zero-order valence-electron chi connectivity index (χ0n) is 20.6. The number of nitrogens with two attached hydrogens (primary N) is 1. The van der Waals surface area contributed by atoms with Crippen LogP contribution in [0.2, 0.25) is 0 Å². The number of hydrogen-bond donors (Lipinski definition) is 2. The van der Waals surface area contributed by atoms with Crippen LogP contribution in [0.25, 0.3) is 21.9 Å². The maximum Gasteiger partial charge on any atom is 0.340 e. The van der Waals surface area contributed by atoms with Crippen LogP contribution in [0.5, 0.6) is 0 Å². The van der Waals surface area contributed by atoms with Gasteiger partial charge in [0.25, 0.3) is 0 Å². The van der Waals surface area contributed by atoms with E-state index in [1.807, 2.05) is 0 Å². The van der Waals surface area contributed by atoms with Crippen molar-refractivity contribution in [3.05, 3.63) is 52.9 Å². The number of nitrogen functional groups attached to an aromatic ring is 1. The highest BCUT2D eigenvalue weighted by Gasteiger charge is 2.64. The molecule has 3 N–H and O–H groups in total. The van der Waals surface area contributed by atoms with Gasteiger partial charge in [0.05, 0.1) is 23.6 Å². The van der Waals surface area contributed by atoms with E-state index >= 15 is 0 Å². The number of carbonyl (C=O) groups excluding carboxylic acids is 3. The number of rotatable bonds is 5. The van der Waals surface area contributed by atoms with Crippen molar-refractivity contribution >= 4 is 67.3 Å². The number of halogens is 1. The number of ether oxygens (including phenoxy) is 1. The molecule has 1 aromatic carbocycles. The van der Waals surface area contributed by atoms with Gasteiger partial charge in [-0.25, -0.2) is 19.7 Å². The molecular weight excluding hydrogens is 554 g/mol. The minimum atomic E-state index is -0.653. The molecule has 194 valence electrons. The minimum absolute atomic E-state index is 0.0471. The molecule has 1 saturated carbocycles. The Labute approximate surface area is 225 Å². The third-order valence-electron chi connectivity index (χ3n) is 7.58. The Morgan fingerprint density at radius 1 is 1.18 bits per heavy atom. The van der Waals surface area contributed by atoms with E-state index in [1.165, 1.54) is 13.4 Å². The molecule has 4 heterocycles. The fourth-order valence-electron chi connectivity index (χ4n) is 5.69. The Morgan fingerprint density at radius 2 is 1.97 bits per heavy atom. The third-order valence-corrected chi connectivity index (χ3v) is 8.02. The van der Waals surface area contributed by atoms with Gasteiger partial charge in [0.1, 0.15) is 40.8 Å². The fourth-order valence-corrected chi connectivity index (χ4v) is 6.03. The van der Waals surface area contributed by atoms with Gasteiger partial charge in [-0.05, 0) is 52.4 Å². The molecule has 1 unspecified atom stereocenters. The number of carbonyl (C=O) groups is 3. The Kier molecular flexibility index (Phi) is 5.60. The number of piperidine rings is 1. The van der Waals surface area contributed by atoms with Crippen LogP contribution in [0.1, 0.15) is 30.1 Å². The predicted octanol–water partition coefficient (Wildman–Crippen LogP) is 3.13. The zero-order chi connectivity index (χ0) is 26.8. The third kappa shape index (κ3) is 3.78. The van der Waals surface area contributed by atoms with Gasteiger partial charge in [-0.1, -0.05) is 25.1 Å². The first-order valence-electron chi connectivity index (χ1n) is 12.1. The van der Waals surface area contributed by atoms with E-state index in [-0.39, 0.29) is 41.2 Å². The number of esters is 1. The number of nitrogens with zero attached hydrogens (tertiary/aromatic N) is 5. The van der Waals surface area contributed by atoms with Gasteiger partial charge in [-0.3, -0.25) is 9.59 Å². The van der Waals surface area contributed by atoms with Crippen molar-refractivity contribution in [3.8, 4) is 0 Å². The average Bonchev–Trinajstić information content (AvgIpc) is 3.29. The Hall–Kier alpha value is -4.06. The Morgan fingerprint density at radius 3 is 2.74 bits per heavy atom. The van der Waals surface area contributed by atoms with Crippen LogP contribution < -0.4 is 11.1 Å². The van der Waals surface area contributed by atoms with Crippen molar-refractivity contribution in [2.75, 3.05) is 18.2 Å². The van der Waals surface area contributed by atoms with E-state index in [9.17, 15) is 14.4 Å². The fraction of sp³-hybridized carbons (Fsp3) is 0.308. The van der Waals surface area contributed by atoms with Crippen molar-refractivity contribution < 1.29 is 19.1 Å². The van der Waals surface area contributed by atoms with Crippen LogP contribution in [0.15, 0.2) is 47.3 Å². The first-order valence-corrected chi connectivity index (χ1v) is 12.9. The van der Waals surface area contributed by atoms with E-state index in [2.05, 4.69) is 43.1 Å². The van der Waals surface area contributed by atoms with Crippen molar-refractivity contribution in [1.29, 1.82) is 0 Å². The van der Waals surface area contributed by atoms with Crippen molar-refractivity contribution in [1.82, 2.24) is 24.4 Å². The first-order chi connectivity index (χ1) is 18.2. The molecule has 1 saturated heterocycles. The molecule has 2 amide bonds. The monoisotopic (exact) mass is 577 g/mol. The summed E-state index contributed by atoms with van der Waals surface area (Å²) < 4.78 is 7.27. The molecule has 3 atom stereocenters. The molecule has 2 aliphatic rings. The highest BCUT2D eigenvalue weighted by molar-refractivity contribution is 9.10. The first kappa shape index (κ1) is 24.3. The number of para-hydroxylation sites is 1. The number of benzene rings is 1. The SMILES string of the molecule is COC(=O)c1cccc2c3c(N)ncnc3n(CC(=O)N3C4C[C@]4(C)C[C@H]3C(=O)Nc3cccc(Br)n3)c12. The lowest BCUT2D eigenvalue weighted by Gasteiger charge is -2.27. The van der Waals surface area contributed by atoms with Gasteiger partial charge >= 0.3 is 5.97 Å². The summed E-state index contributed by atoms with van der Waals surface area (Å²) in [4.78, 5) is 54.4. The standard InChI is InChI=1S/C26H24BrN7O4/c1-26-9-15(24(36)32-18-8-4-7-17(27)31-18)34(16(26)10-26)19(35)11-33-21-13(5-3-6-14(21)25(37)38-2)20-22(28)29-12-30-23(20)33/h3-8,12,15-16H,9-11H2,1-2H3,(H2,28,29,30)(H,31,32,36)/t15-,16?,26-/m0/s1. The van der Waals surface area contributed by atoms with E-state index in [4.69, 9.17) is 10.5 Å². The van der Waals surface area contributed by atoms with Crippen molar-refractivity contribution in [2.24, 2.45) is 5.41 Å². The van der Waals surface area contributed by atoms with Gasteiger partial charge in [0.2, 0.25) is 11.8 Å². The molecule has 12 heteroatoms. The summed E-state index contributed by atoms with van der Waals surface area (Å²) in [6.45, 7) is 1.95. The molecule has 2 fully saturated rings. The van der Waals surface area contributed by atoms with Crippen LogP contribution in [0.4, 0.5) is 11.6 Å². The molecule has 0 radical (unpaired) electrons. The summed E-state index contributed by atoms with van der Waals surface area (Å²) in [6.07, 6.45) is 2.71. The second-order valence-corrected chi connectivity index (χ2v) is 10.8. The molecule has 4 aromatic rings. The molecular formula is C26H24BrN7O4. The lowest BCUT2D eigenvalue weighted by molar-refractivity contribution is -0.138. The summed E-state index contributed by atoms with van der Waals surface area (Å²) >= 11 is 3.31. The molecule has 1 aliphatic heterocycles. The van der Waals surface area contributed by atoms with Crippen LogP contribution in [-0.2, 0) is 20.9 Å². The van der Waals surface area contributed by atoms with E-state index in [1.54, 1.807) is 45.9 Å². The minimum Gasteiger partial charge on any atom is -0.465 e. The molecule has 38 heavy (non-hydrogen) atoms. The van der Waals surface area contributed by atoms with Gasteiger partial charge < -0.3 is 25.3 Å². The second kappa shape index (κ2) is 8.76. The molecule has 11 nitrogen and oxygen atoms in total. The van der Waals surface area contributed by atoms with Crippen molar-refractivity contribution in [3.63, 3.8) is 0 Å². The number of hydrogen-bond acceptors (Lipinski definition) is 8. The highest BCUT2D eigenvalue weighted by Crippen LogP contribution is 2.59. The van der Waals surface area contributed by atoms with E-state index < -0.39 is 12.0 Å². The number of aromatic nitrogens is 4. The van der Waals surface area contributed by atoms with Crippen LogP contribution in [0, 0.1) is 5.41 Å². The highest BCUT2D eigenvalue weighted by atomic mass is 79.9. The smallest absolute Gasteiger partial charge is 0.340 e. The average molecular weight is 578 g/mol. The summed E-state index contributed by atoms with van der Waals surface area (Å²) in [5, 5.41) is 4.04. The number of pyridine rings is 1. The lowest BCUT2D eigenvalue weighted by atomic mass is 10.0. The van der Waals surface area contributed by atoms with Gasteiger partial charge in [0.15, 0.2) is 0 Å². The zero-order valence-corrected chi connectivity index (χ0v) is 22.2. The van der Waals surface area contributed by atoms with E-state index in [0.717, 1.165) is 6.42 Å². The van der Waals surface area contributed by atoms with Gasteiger partial charge in [-0.15, -0.1) is 0 Å². The maximum absolute atomic E-state index is 13.9. The number of amides is 2. The summed E-state index contributed by atoms with van der Waals surface area (Å²) in [7, 11) is 1.30.